The average Bonchev–Trinajstić information content (AvgIpc) is 2.66. The molecule has 2 rings (SSSR count). The minimum absolute atomic E-state index is 0.143. The van der Waals surface area contributed by atoms with E-state index in [0.29, 0.717) is 34.3 Å². The molecule has 0 saturated carbocycles. The lowest BCUT2D eigenvalue weighted by molar-refractivity contribution is -0.120. The third kappa shape index (κ3) is 7.29. The van der Waals surface area contributed by atoms with Gasteiger partial charge in [-0.25, -0.2) is 0 Å². The van der Waals surface area contributed by atoms with E-state index in [4.69, 9.17) is 23.2 Å². The SMILES string of the molecule is O=C(CCNC(=O)c1ccc(Cl)cc1)NCCNC(=O)c1ccc(Cl)cc1. The Morgan fingerprint density at radius 2 is 1.04 bits per heavy atom. The molecule has 0 aliphatic heterocycles. The molecule has 8 heteroatoms. The fourth-order valence-electron chi connectivity index (χ4n) is 2.16. The predicted octanol–water partition coefficient (Wildman–Crippen LogP) is 2.66. The van der Waals surface area contributed by atoms with Gasteiger partial charge in [-0.1, -0.05) is 23.2 Å². The molecule has 0 aliphatic carbocycles. The number of carbonyl (C=O) groups excluding carboxylic acids is 3. The van der Waals surface area contributed by atoms with Crippen molar-refractivity contribution in [1.82, 2.24) is 16.0 Å². The molecule has 0 bridgehead atoms. The van der Waals surface area contributed by atoms with Crippen LogP contribution in [0.15, 0.2) is 48.5 Å². The third-order valence-electron chi connectivity index (χ3n) is 3.58. The zero-order chi connectivity index (χ0) is 19.6. The lowest BCUT2D eigenvalue weighted by atomic mass is 10.2. The van der Waals surface area contributed by atoms with Crippen molar-refractivity contribution in [3.05, 3.63) is 69.7 Å². The first kappa shape index (κ1) is 20.7. The molecule has 0 atom stereocenters. The normalized spacial score (nSPS) is 10.1. The highest BCUT2D eigenvalue weighted by Crippen LogP contribution is 2.10. The molecule has 0 aliphatic rings. The summed E-state index contributed by atoms with van der Waals surface area (Å²) in [5.41, 5.74) is 0.973. The van der Waals surface area contributed by atoms with Crippen LogP contribution in [-0.4, -0.2) is 37.4 Å². The van der Waals surface area contributed by atoms with Gasteiger partial charge in [0.2, 0.25) is 5.91 Å². The van der Waals surface area contributed by atoms with Crippen LogP contribution in [0.4, 0.5) is 0 Å². The number of benzene rings is 2. The van der Waals surface area contributed by atoms with Crippen LogP contribution in [0.1, 0.15) is 27.1 Å². The van der Waals surface area contributed by atoms with Crippen LogP contribution in [-0.2, 0) is 4.79 Å². The van der Waals surface area contributed by atoms with Gasteiger partial charge >= 0.3 is 0 Å². The average molecular weight is 408 g/mol. The molecule has 0 heterocycles. The Morgan fingerprint density at radius 3 is 1.52 bits per heavy atom. The topological polar surface area (TPSA) is 87.3 Å². The van der Waals surface area contributed by atoms with E-state index in [2.05, 4.69) is 16.0 Å². The van der Waals surface area contributed by atoms with E-state index >= 15 is 0 Å². The molecule has 2 aromatic rings. The summed E-state index contributed by atoms with van der Waals surface area (Å²) in [7, 11) is 0. The Hall–Kier alpha value is -2.57. The lowest BCUT2D eigenvalue weighted by Gasteiger charge is -2.08. The highest BCUT2D eigenvalue weighted by atomic mass is 35.5. The first-order chi connectivity index (χ1) is 13.0. The molecule has 27 heavy (non-hydrogen) atoms. The lowest BCUT2D eigenvalue weighted by Crippen LogP contribution is -2.36. The van der Waals surface area contributed by atoms with Crippen LogP contribution in [0, 0.1) is 0 Å². The number of nitrogens with one attached hydrogen (secondary N) is 3. The van der Waals surface area contributed by atoms with Crippen molar-refractivity contribution in [3.8, 4) is 0 Å². The van der Waals surface area contributed by atoms with Gasteiger partial charge in [0.25, 0.3) is 11.8 Å². The zero-order valence-electron chi connectivity index (χ0n) is 14.4. The number of amides is 3. The van der Waals surface area contributed by atoms with Gasteiger partial charge < -0.3 is 16.0 Å². The predicted molar refractivity (Wildman–Crippen MR) is 105 cm³/mol. The highest BCUT2D eigenvalue weighted by molar-refractivity contribution is 6.31. The molecule has 0 saturated heterocycles. The minimum atomic E-state index is -0.269. The van der Waals surface area contributed by atoms with Crippen molar-refractivity contribution >= 4 is 40.9 Å². The van der Waals surface area contributed by atoms with E-state index in [1.54, 1.807) is 48.5 Å². The van der Waals surface area contributed by atoms with E-state index in [1.807, 2.05) is 0 Å². The summed E-state index contributed by atoms with van der Waals surface area (Å²) < 4.78 is 0. The summed E-state index contributed by atoms with van der Waals surface area (Å²) in [6.07, 6.45) is 0.143. The van der Waals surface area contributed by atoms with Gasteiger partial charge in [-0.2, -0.15) is 0 Å². The molecule has 0 unspecified atom stereocenters. The van der Waals surface area contributed by atoms with Crippen molar-refractivity contribution in [1.29, 1.82) is 0 Å². The van der Waals surface area contributed by atoms with Crippen molar-refractivity contribution in [2.24, 2.45) is 0 Å². The molecule has 6 nitrogen and oxygen atoms in total. The smallest absolute Gasteiger partial charge is 0.251 e. The molecular formula is C19H19Cl2N3O3. The fraction of sp³-hybridized carbons (Fsp3) is 0.211. The largest absolute Gasteiger partial charge is 0.354 e. The number of carbonyl (C=O) groups is 3. The number of halogens is 2. The highest BCUT2D eigenvalue weighted by Gasteiger charge is 2.07. The Balaban J connectivity index is 1.59. The summed E-state index contributed by atoms with van der Waals surface area (Å²) >= 11 is 11.5. The van der Waals surface area contributed by atoms with Gasteiger partial charge in [-0.3, -0.25) is 14.4 Å². The molecule has 2 aromatic carbocycles. The fourth-order valence-corrected chi connectivity index (χ4v) is 2.41. The molecule has 142 valence electrons. The molecule has 3 N–H and O–H groups in total. The second kappa shape index (κ2) is 10.5. The van der Waals surface area contributed by atoms with E-state index in [1.165, 1.54) is 0 Å². The number of rotatable bonds is 8. The van der Waals surface area contributed by atoms with Crippen molar-refractivity contribution in [2.45, 2.75) is 6.42 Å². The zero-order valence-corrected chi connectivity index (χ0v) is 15.9. The Labute approximate surface area is 167 Å². The summed E-state index contributed by atoms with van der Waals surface area (Å²) in [5.74, 6) is -0.724. The van der Waals surface area contributed by atoms with Crippen LogP contribution in [0.5, 0.6) is 0 Å². The van der Waals surface area contributed by atoms with E-state index in [0.717, 1.165) is 0 Å². The number of hydrogen-bond donors (Lipinski definition) is 3. The van der Waals surface area contributed by atoms with E-state index in [-0.39, 0.29) is 30.7 Å². The van der Waals surface area contributed by atoms with Crippen molar-refractivity contribution in [3.63, 3.8) is 0 Å². The number of hydrogen-bond acceptors (Lipinski definition) is 3. The Bertz CT molecular complexity index is 793. The van der Waals surface area contributed by atoms with Crippen LogP contribution in [0.2, 0.25) is 10.0 Å². The van der Waals surface area contributed by atoms with Gasteiger partial charge in [0.15, 0.2) is 0 Å². The van der Waals surface area contributed by atoms with Crippen LogP contribution in [0.3, 0.4) is 0 Å². The maximum Gasteiger partial charge on any atom is 0.251 e. The second-order valence-electron chi connectivity index (χ2n) is 5.63. The monoisotopic (exact) mass is 407 g/mol. The van der Waals surface area contributed by atoms with Crippen molar-refractivity contribution in [2.75, 3.05) is 19.6 Å². The molecule has 0 radical (unpaired) electrons. The van der Waals surface area contributed by atoms with Gasteiger partial charge in [-0.15, -0.1) is 0 Å². The molecule has 0 aromatic heterocycles. The first-order valence-corrected chi connectivity index (χ1v) is 9.05. The Morgan fingerprint density at radius 1 is 0.630 bits per heavy atom. The first-order valence-electron chi connectivity index (χ1n) is 8.30. The summed E-state index contributed by atoms with van der Waals surface area (Å²) in [6.45, 7) is 0.804. The van der Waals surface area contributed by atoms with Crippen molar-refractivity contribution < 1.29 is 14.4 Å². The molecular weight excluding hydrogens is 389 g/mol. The van der Waals surface area contributed by atoms with Crippen LogP contribution >= 0.6 is 23.2 Å². The molecule has 0 spiro atoms. The Kier molecular flexibility index (Phi) is 8.10. The standard InChI is InChI=1S/C19H19Cl2N3O3/c20-15-5-1-13(2-6-15)18(26)23-10-9-17(25)22-11-12-24-19(27)14-3-7-16(21)8-4-14/h1-8H,9-12H2,(H,22,25)(H,23,26)(H,24,27). The van der Waals surface area contributed by atoms with Crippen LogP contribution < -0.4 is 16.0 Å². The maximum absolute atomic E-state index is 11.9. The van der Waals surface area contributed by atoms with E-state index in [9.17, 15) is 14.4 Å². The van der Waals surface area contributed by atoms with E-state index < -0.39 is 0 Å². The van der Waals surface area contributed by atoms with Gasteiger partial charge in [0.1, 0.15) is 0 Å². The van der Waals surface area contributed by atoms with Gasteiger partial charge in [-0.05, 0) is 48.5 Å². The third-order valence-corrected chi connectivity index (χ3v) is 4.09. The minimum Gasteiger partial charge on any atom is -0.354 e. The summed E-state index contributed by atoms with van der Waals surface area (Å²) in [5, 5.41) is 9.14. The molecule has 3 amide bonds. The van der Waals surface area contributed by atoms with Crippen LogP contribution in [0.25, 0.3) is 0 Å². The summed E-state index contributed by atoms with van der Waals surface area (Å²) in [6, 6.07) is 13.0. The van der Waals surface area contributed by atoms with Gasteiger partial charge in [0.05, 0.1) is 0 Å². The summed E-state index contributed by atoms with van der Waals surface area (Å²) in [4.78, 5) is 35.5. The second-order valence-corrected chi connectivity index (χ2v) is 6.50. The maximum atomic E-state index is 11.9. The molecule has 0 fully saturated rings. The van der Waals surface area contributed by atoms with Gasteiger partial charge in [0, 0.05) is 47.2 Å². The quantitative estimate of drug-likeness (QED) is 0.587.